The lowest BCUT2D eigenvalue weighted by Gasteiger charge is -2.28. The number of hydrogen-bond acceptors (Lipinski definition) is 2. The minimum Gasteiger partial charge on any atom is -0.341 e. The molecule has 1 N–H and O–H groups in total. The highest BCUT2D eigenvalue weighted by atomic mass is 16.2. The predicted molar refractivity (Wildman–Crippen MR) is 99.1 cm³/mol. The Balaban J connectivity index is 1.93. The maximum Gasteiger partial charge on any atom is 0.230 e. The Labute approximate surface area is 148 Å². The highest BCUT2D eigenvalue weighted by molar-refractivity contribution is 5.87. The summed E-state index contributed by atoms with van der Waals surface area (Å²) in [6.07, 6.45) is 3.64. The van der Waals surface area contributed by atoms with Crippen molar-refractivity contribution in [2.24, 2.45) is 7.05 Å². The van der Waals surface area contributed by atoms with Crippen LogP contribution in [-0.4, -0.2) is 15.5 Å². The number of carbonyl (C=O) groups is 1. The summed E-state index contributed by atoms with van der Waals surface area (Å²) in [5, 5.41) is 3.19. The number of nitrogens with one attached hydrogen (secondary N) is 1. The Morgan fingerprint density at radius 2 is 1.64 bits per heavy atom. The average molecular weight is 333 g/mol. The Hall–Kier alpha value is -2.88. The van der Waals surface area contributed by atoms with Gasteiger partial charge in [-0.25, -0.2) is 4.98 Å². The van der Waals surface area contributed by atoms with Crippen molar-refractivity contribution in [1.82, 2.24) is 14.9 Å². The predicted octanol–water partition coefficient (Wildman–Crippen LogP) is 3.60. The van der Waals surface area contributed by atoms with Gasteiger partial charge in [0.15, 0.2) is 0 Å². The van der Waals surface area contributed by atoms with Gasteiger partial charge in [-0.15, -0.1) is 0 Å². The van der Waals surface area contributed by atoms with Gasteiger partial charge in [0, 0.05) is 19.4 Å². The molecule has 3 aromatic rings. The molecule has 0 aliphatic carbocycles. The van der Waals surface area contributed by atoms with Crippen LogP contribution in [0.3, 0.4) is 0 Å². The number of aryl methyl sites for hydroxylation is 1. The first-order chi connectivity index (χ1) is 12.0. The van der Waals surface area contributed by atoms with E-state index in [4.69, 9.17) is 0 Å². The molecule has 0 saturated heterocycles. The van der Waals surface area contributed by atoms with Crippen LogP contribution in [0.2, 0.25) is 0 Å². The molecule has 4 nitrogen and oxygen atoms in total. The molecule has 0 bridgehead atoms. The smallest absolute Gasteiger partial charge is 0.230 e. The number of nitrogens with zero attached hydrogens (tertiary/aromatic N) is 2. The molecule has 1 amide bonds. The standard InChI is InChI=1S/C21H23N3O/c1-21(2,17-12-8-5-9-13-17)20(25)23-18(16-10-6-4-7-11-16)19-22-14-15-24(19)3/h4-15,18H,1-3H3,(H,23,25). The van der Waals surface area contributed by atoms with Crippen LogP contribution in [0.25, 0.3) is 0 Å². The van der Waals surface area contributed by atoms with Gasteiger partial charge in [-0.05, 0) is 25.0 Å². The van der Waals surface area contributed by atoms with E-state index in [1.807, 2.05) is 92.3 Å². The lowest BCUT2D eigenvalue weighted by atomic mass is 9.83. The molecule has 1 heterocycles. The molecule has 1 aromatic heterocycles. The zero-order valence-corrected chi connectivity index (χ0v) is 14.8. The summed E-state index contributed by atoms with van der Waals surface area (Å²) in [4.78, 5) is 17.6. The fourth-order valence-corrected chi connectivity index (χ4v) is 2.90. The van der Waals surface area contributed by atoms with Crippen LogP contribution >= 0.6 is 0 Å². The van der Waals surface area contributed by atoms with Crippen LogP contribution in [0.15, 0.2) is 73.1 Å². The first kappa shape index (κ1) is 17.0. The van der Waals surface area contributed by atoms with Crippen LogP contribution < -0.4 is 5.32 Å². The minimum absolute atomic E-state index is 0.0319. The summed E-state index contributed by atoms with van der Waals surface area (Å²) in [6.45, 7) is 3.89. The molecule has 3 rings (SSSR count). The lowest BCUT2D eigenvalue weighted by molar-refractivity contribution is -0.126. The Kier molecular flexibility index (Phi) is 4.70. The SMILES string of the molecule is Cn1ccnc1C(NC(=O)C(C)(C)c1ccccc1)c1ccccc1. The van der Waals surface area contributed by atoms with Gasteiger partial charge in [0.05, 0.1) is 5.41 Å². The molecule has 0 saturated carbocycles. The van der Waals surface area contributed by atoms with Gasteiger partial charge in [-0.1, -0.05) is 60.7 Å². The average Bonchev–Trinajstić information content (AvgIpc) is 3.06. The van der Waals surface area contributed by atoms with Gasteiger partial charge in [0.2, 0.25) is 5.91 Å². The van der Waals surface area contributed by atoms with Crippen molar-refractivity contribution in [1.29, 1.82) is 0 Å². The van der Waals surface area contributed by atoms with Crippen molar-refractivity contribution in [2.75, 3.05) is 0 Å². The van der Waals surface area contributed by atoms with Gasteiger partial charge in [-0.3, -0.25) is 4.79 Å². The van der Waals surface area contributed by atoms with Crippen molar-refractivity contribution in [2.45, 2.75) is 25.3 Å². The monoisotopic (exact) mass is 333 g/mol. The van der Waals surface area contributed by atoms with E-state index in [0.717, 1.165) is 17.0 Å². The zero-order valence-electron chi connectivity index (χ0n) is 14.8. The molecule has 1 unspecified atom stereocenters. The Morgan fingerprint density at radius 3 is 2.20 bits per heavy atom. The number of rotatable bonds is 5. The van der Waals surface area contributed by atoms with Crippen LogP contribution in [0.1, 0.15) is 36.8 Å². The van der Waals surface area contributed by atoms with E-state index in [-0.39, 0.29) is 11.9 Å². The third kappa shape index (κ3) is 3.48. The van der Waals surface area contributed by atoms with E-state index in [1.54, 1.807) is 6.20 Å². The number of benzene rings is 2. The second-order valence-electron chi connectivity index (χ2n) is 6.70. The molecule has 0 aliphatic rings. The number of amides is 1. The van der Waals surface area contributed by atoms with Crippen molar-refractivity contribution in [3.05, 3.63) is 90.0 Å². The normalized spacial score (nSPS) is 12.6. The minimum atomic E-state index is -0.639. The van der Waals surface area contributed by atoms with Gasteiger partial charge >= 0.3 is 0 Å². The van der Waals surface area contributed by atoms with Gasteiger partial charge in [0.1, 0.15) is 11.9 Å². The third-order valence-corrected chi connectivity index (χ3v) is 4.59. The second kappa shape index (κ2) is 6.93. The van der Waals surface area contributed by atoms with E-state index in [0.29, 0.717) is 0 Å². The summed E-state index contributed by atoms with van der Waals surface area (Å²) in [6, 6.07) is 19.5. The molecule has 4 heteroatoms. The van der Waals surface area contributed by atoms with E-state index in [1.165, 1.54) is 0 Å². The van der Waals surface area contributed by atoms with Crippen molar-refractivity contribution < 1.29 is 4.79 Å². The number of imidazole rings is 1. The van der Waals surface area contributed by atoms with Gasteiger partial charge < -0.3 is 9.88 Å². The van der Waals surface area contributed by atoms with Crippen LogP contribution in [-0.2, 0) is 17.3 Å². The summed E-state index contributed by atoms with van der Waals surface area (Å²) in [5.74, 6) is 0.777. The largest absolute Gasteiger partial charge is 0.341 e. The molecule has 0 spiro atoms. The zero-order chi connectivity index (χ0) is 17.9. The molecule has 0 fully saturated rings. The number of carbonyl (C=O) groups excluding carboxylic acids is 1. The fraction of sp³-hybridized carbons (Fsp3) is 0.238. The number of hydrogen-bond donors (Lipinski definition) is 1. The van der Waals surface area contributed by atoms with E-state index < -0.39 is 5.41 Å². The fourth-order valence-electron chi connectivity index (χ4n) is 2.90. The second-order valence-corrected chi connectivity index (χ2v) is 6.70. The van der Waals surface area contributed by atoms with E-state index in [9.17, 15) is 4.79 Å². The molecular weight excluding hydrogens is 310 g/mol. The molecule has 25 heavy (non-hydrogen) atoms. The third-order valence-electron chi connectivity index (χ3n) is 4.59. The quantitative estimate of drug-likeness (QED) is 0.775. The molecule has 128 valence electrons. The maximum atomic E-state index is 13.1. The molecule has 1 atom stereocenters. The van der Waals surface area contributed by atoms with Crippen LogP contribution in [0.5, 0.6) is 0 Å². The first-order valence-electron chi connectivity index (χ1n) is 8.39. The van der Waals surface area contributed by atoms with E-state index in [2.05, 4.69) is 10.3 Å². The van der Waals surface area contributed by atoms with Crippen molar-refractivity contribution in [3.8, 4) is 0 Å². The van der Waals surface area contributed by atoms with Crippen molar-refractivity contribution >= 4 is 5.91 Å². The van der Waals surface area contributed by atoms with Gasteiger partial charge in [0.25, 0.3) is 0 Å². The maximum absolute atomic E-state index is 13.1. The summed E-state index contributed by atoms with van der Waals surface area (Å²) >= 11 is 0. The topological polar surface area (TPSA) is 46.9 Å². The summed E-state index contributed by atoms with van der Waals surface area (Å²) in [7, 11) is 1.94. The number of aromatic nitrogens is 2. The van der Waals surface area contributed by atoms with Crippen LogP contribution in [0.4, 0.5) is 0 Å². The van der Waals surface area contributed by atoms with Crippen molar-refractivity contribution in [3.63, 3.8) is 0 Å². The highest BCUT2D eigenvalue weighted by Crippen LogP contribution is 2.26. The summed E-state index contributed by atoms with van der Waals surface area (Å²) in [5.41, 5.74) is 1.35. The molecule has 0 radical (unpaired) electrons. The first-order valence-corrected chi connectivity index (χ1v) is 8.39. The Bertz CT molecular complexity index is 838. The van der Waals surface area contributed by atoms with E-state index >= 15 is 0 Å². The van der Waals surface area contributed by atoms with Crippen LogP contribution in [0, 0.1) is 0 Å². The van der Waals surface area contributed by atoms with Gasteiger partial charge in [-0.2, -0.15) is 0 Å². The molecule has 2 aromatic carbocycles. The molecule has 0 aliphatic heterocycles. The molecular formula is C21H23N3O. The lowest BCUT2D eigenvalue weighted by Crippen LogP contribution is -2.42. The summed E-state index contributed by atoms with van der Waals surface area (Å²) < 4.78 is 1.94. The highest BCUT2D eigenvalue weighted by Gasteiger charge is 2.32. The Morgan fingerprint density at radius 1 is 1.04 bits per heavy atom.